The van der Waals surface area contributed by atoms with Crippen LogP contribution in [0.1, 0.15) is 18.2 Å². The Kier molecular flexibility index (Phi) is 2.05. The molecule has 0 aromatic heterocycles. The van der Waals surface area contributed by atoms with E-state index in [1.165, 1.54) is 17.8 Å². The molecular weight excluding hydrogens is 178 g/mol. The summed E-state index contributed by atoms with van der Waals surface area (Å²) in [6.07, 6.45) is -0.680. The Morgan fingerprint density at radius 3 is 3.00 bits per heavy atom. The van der Waals surface area contributed by atoms with Crippen molar-refractivity contribution in [2.45, 2.75) is 17.5 Å². The molecule has 0 saturated heterocycles. The Morgan fingerprint density at radius 2 is 2.25 bits per heavy atom. The summed E-state index contributed by atoms with van der Waals surface area (Å²) in [5, 5.41) is 0. The molecule has 1 atom stereocenters. The van der Waals surface area contributed by atoms with Gasteiger partial charge in [0.05, 0.1) is 0 Å². The molecule has 0 saturated carbocycles. The summed E-state index contributed by atoms with van der Waals surface area (Å²) >= 11 is 1.53. The fourth-order valence-corrected chi connectivity index (χ4v) is 2.46. The van der Waals surface area contributed by atoms with Gasteiger partial charge in [-0.1, -0.05) is 6.07 Å². The third kappa shape index (κ3) is 1.22. The fraction of sp³-hybridized carbons (Fsp3) is 0.333. The predicted molar refractivity (Wildman–Crippen MR) is 45.6 cm³/mol. The van der Waals surface area contributed by atoms with Crippen LogP contribution in [0.25, 0.3) is 0 Å². The molecule has 0 spiro atoms. The summed E-state index contributed by atoms with van der Waals surface area (Å²) in [6.45, 7) is 0. The minimum Gasteiger partial charge on any atom is -0.242 e. The SMILES string of the molecule is Fc1cccc2c1C(F)CCS2. The van der Waals surface area contributed by atoms with Gasteiger partial charge in [-0.05, 0) is 18.6 Å². The van der Waals surface area contributed by atoms with Crippen LogP contribution in [0, 0.1) is 5.82 Å². The molecule has 1 aliphatic heterocycles. The zero-order valence-electron chi connectivity index (χ0n) is 6.39. The molecular formula is C9H8F2S. The van der Waals surface area contributed by atoms with E-state index in [2.05, 4.69) is 0 Å². The van der Waals surface area contributed by atoms with E-state index in [9.17, 15) is 8.78 Å². The Hall–Kier alpha value is -0.570. The summed E-state index contributed by atoms with van der Waals surface area (Å²) < 4.78 is 26.3. The van der Waals surface area contributed by atoms with E-state index in [0.717, 1.165) is 10.6 Å². The molecule has 2 rings (SSSR count). The summed E-state index contributed by atoms with van der Waals surface area (Å²) in [7, 11) is 0. The monoisotopic (exact) mass is 186 g/mol. The number of fused-ring (bicyclic) bond motifs is 1. The predicted octanol–water partition coefficient (Wildman–Crippen LogP) is 3.33. The number of hydrogen-bond donors (Lipinski definition) is 0. The molecule has 1 aromatic carbocycles. The lowest BCUT2D eigenvalue weighted by Gasteiger charge is -2.18. The molecule has 0 radical (unpaired) electrons. The van der Waals surface area contributed by atoms with Crippen molar-refractivity contribution in [1.29, 1.82) is 0 Å². The highest BCUT2D eigenvalue weighted by Gasteiger charge is 2.22. The number of halogens is 2. The van der Waals surface area contributed by atoms with Crippen molar-refractivity contribution < 1.29 is 8.78 Å². The first-order valence-corrected chi connectivity index (χ1v) is 4.83. The van der Waals surface area contributed by atoms with E-state index in [4.69, 9.17) is 0 Å². The second-order valence-corrected chi connectivity index (χ2v) is 3.89. The average molecular weight is 186 g/mol. The van der Waals surface area contributed by atoms with Gasteiger partial charge in [-0.2, -0.15) is 0 Å². The Labute approximate surface area is 74.0 Å². The average Bonchev–Trinajstić information content (AvgIpc) is 2.04. The van der Waals surface area contributed by atoms with Crippen LogP contribution in [0.3, 0.4) is 0 Å². The van der Waals surface area contributed by atoms with Gasteiger partial charge in [0, 0.05) is 16.2 Å². The van der Waals surface area contributed by atoms with Crippen LogP contribution in [0.15, 0.2) is 23.1 Å². The van der Waals surface area contributed by atoms with Crippen molar-refractivity contribution in [3.8, 4) is 0 Å². The molecule has 0 amide bonds. The first kappa shape index (κ1) is 8.05. The third-order valence-electron chi connectivity index (χ3n) is 1.96. The second kappa shape index (κ2) is 3.05. The number of alkyl halides is 1. The molecule has 64 valence electrons. The first-order valence-electron chi connectivity index (χ1n) is 3.84. The van der Waals surface area contributed by atoms with Gasteiger partial charge < -0.3 is 0 Å². The van der Waals surface area contributed by atoms with Crippen LogP contribution < -0.4 is 0 Å². The fourth-order valence-electron chi connectivity index (χ4n) is 1.36. The van der Waals surface area contributed by atoms with Gasteiger partial charge in [0.15, 0.2) is 0 Å². The van der Waals surface area contributed by atoms with Crippen LogP contribution in [-0.2, 0) is 0 Å². The van der Waals surface area contributed by atoms with Crippen molar-refractivity contribution in [3.63, 3.8) is 0 Å². The zero-order chi connectivity index (χ0) is 8.55. The van der Waals surface area contributed by atoms with Gasteiger partial charge in [0.2, 0.25) is 0 Å². The van der Waals surface area contributed by atoms with Crippen LogP contribution in [-0.4, -0.2) is 5.75 Å². The van der Waals surface area contributed by atoms with Crippen LogP contribution in [0.2, 0.25) is 0 Å². The molecule has 3 heteroatoms. The standard InChI is InChI=1S/C9H8F2S/c10-6-2-1-3-8-9(6)7(11)4-5-12-8/h1-3,7H,4-5H2. The quantitative estimate of drug-likeness (QED) is 0.598. The largest absolute Gasteiger partial charge is 0.242 e. The molecule has 12 heavy (non-hydrogen) atoms. The maximum Gasteiger partial charge on any atom is 0.130 e. The molecule has 0 aliphatic carbocycles. The van der Waals surface area contributed by atoms with Gasteiger partial charge in [0.25, 0.3) is 0 Å². The molecule has 1 aromatic rings. The van der Waals surface area contributed by atoms with Gasteiger partial charge in [0.1, 0.15) is 12.0 Å². The minimum absolute atomic E-state index is 0.258. The topological polar surface area (TPSA) is 0 Å². The molecule has 1 heterocycles. The van der Waals surface area contributed by atoms with Gasteiger partial charge in [-0.3, -0.25) is 0 Å². The minimum atomic E-state index is -1.11. The maximum absolute atomic E-state index is 13.2. The highest BCUT2D eigenvalue weighted by Crippen LogP contribution is 2.39. The van der Waals surface area contributed by atoms with Crippen LogP contribution in [0.5, 0.6) is 0 Å². The smallest absolute Gasteiger partial charge is 0.130 e. The first-order chi connectivity index (χ1) is 5.79. The molecule has 1 aliphatic rings. The molecule has 0 nitrogen and oxygen atoms in total. The molecule has 0 N–H and O–H groups in total. The maximum atomic E-state index is 13.2. The summed E-state index contributed by atoms with van der Waals surface area (Å²) in [5.74, 6) is 0.338. The third-order valence-corrected chi connectivity index (χ3v) is 3.06. The second-order valence-electron chi connectivity index (χ2n) is 2.76. The van der Waals surface area contributed by atoms with Crippen molar-refractivity contribution in [3.05, 3.63) is 29.6 Å². The van der Waals surface area contributed by atoms with E-state index in [-0.39, 0.29) is 5.56 Å². The van der Waals surface area contributed by atoms with Crippen molar-refractivity contribution in [2.75, 3.05) is 5.75 Å². The number of rotatable bonds is 0. The summed E-state index contributed by atoms with van der Waals surface area (Å²) in [5.41, 5.74) is 0.258. The van der Waals surface area contributed by atoms with E-state index in [1.807, 2.05) is 0 Å². The molecule has 1 unspecified atom stereocenters. The number of benzene rings is 1. The van der Waals surface area contributed by atoms with Gasteiger partial charge in [-0.25, -0.2) is 8.78 Å². The van der Waals surface area contributed by atoms with E-state index in [0.29, 0.717) is 6.42 Å². The normalized spacial score (nSPS) is 22.0. The van der Waals surface area contributed by atoms with Crippen LogP contribution >= 0.6 is 11.8 Å². The molecule has 0 bridgehead atoms. The number of thioether (sulfide) groups is 1. The highest BCUT2D eigenvalue weighted by atomic mass is 32.2. The lowest BCUT2D eigenvalue weighted by atomic mass is 10.1. The van der Waals surface area contributed by atoms with E-state index in [1.54, 1.807) is 12.1 Å². The lowest BCUT2D eigenvalue weighted by Crippen LogP contribution is -2.05. The lowest BCUT2D eigenvalue weighted by molar-refractivity contribution is 0.317. The number of hydrogen-bond acceptors (Lipinski definition) is 1. The van der Waals surface area contributed by atoms with E-state index < -0.39 is 12.0 Å². The van der Waals surface area contributed by atoms with Crippen molar-refractivity contribution in [2.24, 2.45) is 0 Å². The molecule has 0 fully saturated rings. The van der Waals surface area contributed by atoms with Crippen LogP contribution in [0.4, 0.5) is 8.78 Å². The van der Waals surface area contributed by atoms with Gasteiger partial charge in [-0.15, -0.1) is 11.8 Å². The summed E-state index contributed by atoms with van der Waals surface area (Å²) in [4.78, 5) is 0.758. The Balaban J connectivity index is 2.53. The van der Waals surface area contributed by atoms with Crippen molar-refractivity contribution in [1.82, 2.24) is 0 Å². The van der Waals surface area contributed by atoms with Crippen molar-refractivity contribution >= 4 is 11.8 Å². The Morgan fingerprint density at radius 1 is 1.42 bits per heavy atom. The summed E-state index contributed by atoms with van der Waals surface area (Å²) in [6, 6.07) is 4.71. The van der Waals surface area contributed by atoms with Gasteiger partial charge >= 0.3 is 0 Å². The highest BCUT2D eigenvalue weighted by molar-refractivity contribution is 7.99. The Bertz CT molecular complexity index is 299. The van der Waals surface area contributed by atoms with E-state index >= 15 is 0 Å². The zero-order valence-corrected chi connectivity index (χ0v) is 7.20.